The summed E-state index contributed by atoms with van der Waals surface area (Å²) < 4.78 is 15.4. The van der Waals surface area contributed by atoms with Crippen molar-refractivity contribution < 1.29 is 28.6 Å². The summed E-state index contributed by atoms with van der Waals surface area (Å²) in [4.78, 5) is 39.3. The lowest BCUT2D eigenvalue weighted by Crippen LogP contribution is -2.57. The molecule has 0 bridgehead atoms. The van der Waals surface area contributed by atoms with Gasteiger partial charge in [-0.05, 0) is 51.3 Å². The molecule has 1 aromatic carbocycles. The highest BCUT2D eigenvalue weighted by Gasteiger charge is 2.46. The van der Waals surface area contributed by atoms with Gasteiger partial charge in [-0.15, -0.1) is 0 Å². The zero-order valence-electron chi connectivity index (χ0n) is 18.2. The fourth-order valence-electron chi connectivity index (χ4n) is 3.27. The number of hydrogen-bond acceptors (Lipinski definition) is 6. The van der Waals surface area contributed by atoms with Crippen molar-refractivity contribution in [1.29, 1.82) is 0 Å². The molecule has 1 atom stereocenters. The van der Waals surface area contributed by atoms with Crippen molar-refractivity contribution in [3.63, 3.8) is 0 Å². The van der Waals surface area contributed by atoms with Crippen LogP contribution in [0, 0.1) is 0 Å². The van der Waals surface area contributed by atoms with Crippen molar-refractivity contribution in [1.82, 2.24) is 10.2 Å². The normalized spacial score (nSPS) is 17.9. The van der Waals surface area contributed by atoms with Crippen LogP contribution in [0.2, 0.25) is 0 Å². The first kappa shape index (κ1) is 23.3. The Morgan fingerprint density at radius 3 is 2.30 bits per heavy atom. The lowest BCUT2D eigenvalue weighted by atomic mass is 9.95. The molecule has 0 saturated heterocycles. The van der Waals surface area contributed by atoms with Crippen LogP contribution in [-0.4, -0.2) is 54.8 Å². The monoisotopic (exact) mass is 418 g/mol. The van der Waals surface area contributed by atoms with Gasteiger partial charge in [0.25, 0.3) is 0 Å². The Kier molecular flexibility index (Phi) is 7.48. The van der Waals surface area contributed by atoms with Crippen molar-refractivity contribution in [2.45, 2.75) is 51.3 Å². The van der Waals surface area contributed by atoms with Gasteiger partial charge in [0.05, 0.1) is 14.2 Å². The fraction of sp³-hybridized carbons (Fsp3) is 0.500. The Hall–Kier alpha value is -3.03. The van der Waals surface area contributed by atoms with Gasteiger partial charge >= 0.3 is 12.1 Å². The highest BCUT2D eigenvalue weighted by atomic mass is 16.6. The number of nitrogens with zero attached hydrogens (tertiary/aromatic N) is 1. The number of nitrogens with one attached hydrogen (secondary N) is 1. The third-order valence-electron chi connectivity index (χ3n) is 4.69. The Labute approximate surface area is 177 Å². The van der Waals surface area contributed by atoms with E-state index in [0.29, 0.717) is 18.6 Å². The maximum atomic E-state index is 13.1. The summed E-state index contributed by atoms with van der Waals surface area (Å²) in [7, 11) is 2.87. The van der Waals surface area contributed by atoms with Crippen LogP contribution in [0.4, 0.5) is 4.79 Å². The van der Waals surface area contributed by atoms with Crippen LogP contribution in [0.15, 0.2) is 36.4 Å². The SMILES string of the molecule is COC(=O)[C@@]1(N(Cc2ccc(OC)cc2)C(=O)CNC(=O)OC(C)(C)C)C=CCC1. The lowest BCUT2D eigenvalue weighted by Gasteiger charge is -2.38. The van der Waals surface area contributed by atoms with Crippen molar-refractivity contribution in [2.24, 2.45) is 0 Å². The molecule has 30 heavy (non-hydrogen) atoms. The van der Waals surface area contributed by atoms with Gasteiger partial charge in [-0.25, -0.2) is 9.59 Å². The topological polar surface area (TPSA) is 94.2 Å². The summed E-state index contributed by atoms with van der Waals surface area (Å²) in [5, 5.41) is 2.47. The zero-order chi connectivity index (χ0) is 22.4. The van der Waals surface area contributed by atoms with E-state index in [1.54, 1.807) is 46.1 Å². The third-order valence-corrected chi connectivity index (χ3v) is 4.69. The van der Waals surface area contributed by atoms with E-state index in [1.165, 1.54) is 12.0 Å². The molecule has 1 aromatic rings. The molecular weight excluding hydrogens is 388 g/mol. The summed E-state index contributed by atoms with van der Waals surface area (Å²) in [5.41, 5.74) is -1.09. The van der Waals surface area contributed by atoms with Crippen LogP contribution in [0.3, 0.4) is 0 Å². The van der Waals surface area contributed by atoms with Crippen LogP contribution < -0.4 is 10.1 Å². The maximum Gasteiger partial charge on any atom is 0.408 e. The number of rotatable bonds is 7. The highest BCUT2D eigenvalue weighted by molar-refractivity contribution is 5.92. The lowest BCUT2D eigenvalue weighted by molar-refractivity contribution is -0.159. The van der Waals surface area contributed by atoms with E-state index in [1.807, 2.05) is 18.2 Å². The first-order valence-corrected chi connectivity index (χ1v) is 9.77. The summed E-state index contributed by atoms with van der Waals surface area (Å²) in [6.45, 7) is 5.07. The fourth-order valence-corrected chi connectivity index (χ4v) is 3.27. The summed E-state index contributed by atoms with van der Waals surface area (Å²) >= 11 is 0. The van der Waals surface area contributed by atoms with Gasteiger partial charge in [-0.1, -0.05) is 24.3 Å². The zero-order valence-corrected chi connectivity index (χ0v) is 18.2. The van der Waals surface area contributed by atoms with Crippen LogP contribution in [0.5, 0.6) is 5.75 Å². The molecule has 0 saturated carbocycles. The number of carbonyl (C=O) groups is 3. The number of benzene rings is 1. The van der Waals surface area contributed by atoms with Gasteiger partial charge in [-0.3, -0.25) is 4.79 Å². The summed E-state index contributed by atoms with van der Waals surface area (Å²) in [6, 6.07) is 7.21. The molecule has 0 unspecified atom stereocenters. The van der Waals surface area contributed by atoms with Gasteiger partial charge in [0.1, 0.15) is 17.9 Å². The maximum absolute atomic E-state index is 13.1. The summed E-state index contributed by atoms with van der Waals surface area (Å²) in [5.74, 6) is -0.254. The number of amides is 2. The Balaban J connectivity index is 2.25. The minimum absolute atomic E-state index is 0.165. The van der Waals surface area contributed by atoms with E-state index in [2.05, 4.69) is 5.32 Å². The number of carbonyl (C=O) groups excluding carboxylic acids is 3. The molecule has 164 valence electrons. The molecule has 0 aliphatic heterocycles. The van der Waals surface area contributed by atoms with Gasteiger partial charge < -0.3 is 24.4 Å². The quantitative estimate of drug-likeness (QED) is 0.541. The number of alkyl carbamates (subject to hydrolysis) is 1. The third kappa shape index (κ3) is 5.75. The molecule has 0 heterocycles. The average molecular weight is 418 g/mol. The Morgan fingerprint density at radius 2 is 1.80 bits per heavy atom. The first-order chi connectivity index (χ1) is 14.1. The molecule has 0 fully saturated rings. The van der Waals surface area contributed by atoms with Gasteiger partial charge in [0, 0.05) is 6.54 Å². The molecule has 1 N–H and O–H groups in total. The molecule has 0 aromatic heterocycles. The first-order valence-electron chi connectivity index (χ1n) is 9.77. The average Bonchev–Trinajstić information content (AvgIpc) is 3.19. The van der Waals surface area contributed by atoms with Gasteiger partial charge in [-0.2, -0.15) is 0 Å². The largest absolute Gasteiger partial charge is 0.497 e. The minimum Gasteiger partial charge on any atom is -0.497 e. The van der Waals surface area contributed by atoms with Crippen molar-refractivity contribution in [3.05, 3.63) is 42.0 Å². The van der Waals surface area contributed by atoms with Gasteiger partial charge in [0.2, 0.25) is 5.91 Å². The van der Waals surface area contributed by atoms with Crippen molar-refractivity contribution in [2.75, 3.05) is 20.8 Å². The molecule has 1 aliphatic rings. The van der Waals surface area contributed by atoms with Crippen LogP contribution in [-0.2, 0) is 25.6 Å². The Bertz CT molecular complexity index is 797. The molecule has 2 rings (SSSR count). The number of allylic oxidation sites excluding steroid dienone is 1. The van der Waals surface area contributed by atoms with Crippen molar-refractivity contribution in [3.8, 4) is 5.75 Å². The molecule has 0 spiro atoms. The van der Waals surface area contributed by atoms with Crippen LogP contribution >= 0.6 is 0 Å². The molecule has 8 nitrogen and oxygen atoms in total. The van der Waals surface area contributed by atoms with Crippen molar-refractivity contribution >= 4 is 18.0 Å². The van der Waals surface area contributed by atoms with Crippen LogP contribution in [0.1, 0.15) is 39.2 Å². The van der Waals surface area contributed by atoms with E-state index in [0.717, 1.165) is 5.56 Å². The smallest absolute Gasteiger partial charge is 0.408 e. The molecule has 0 radical (unpaired) electrons. The predicted molar refractivity (Wildman–Crippen MR) is 111 cm³/mol. The van der Waals surface area contributed by atoms with E-state index < -0.39 is 29.1 Å². The second-order valence-corrected chi connectivity index (χ2v) is 8.04. The molecule has 8 heteroatoms. The number of hydrogen-bond donors (Lipinski definition) is 1. The molecule has 1 aliphatic carbocycles. The second kappa shape index (κ2) is 9.65. The van der Waals surface area contributed by atoms with E-state index in [4.69, 9.17) is 14.2 Å². The minimum atomic E-state index is -1.22. The number of ether oxygens (including phenoxy) is 3. The van der Waals surface area contributed by atoms with Crippen LogP contribution in [0.25, 0.3) is 0 Å². The highest BCUT2D eigenvalue weighted by Crippen LogP contribution is 2.32. The number of esters is 1. The summed E-state index contributed by atoms with van der Waals surface area (Å²) in [6.07, 6.45) is 3.91. The van der Waals surface area contributed by atoms with E-state index in [-0.39, 0.29) is 13.1 Å². The van der Waals surface area contributed by atoms with Gasteiger partial charge in [0.15, 0.2) is 5.54 Å². The standard InChI is InChI=1S/C22H30N2O6/c1-21(2,3)30-20(27)23-14-18(25)24(15-16-8-10-17(28-4)11-9-16)22(19(26)29-5)12-6-7-13-22/h6,8-12H,7,13-15H2,1-5H3,(H,23,27)/t22-/m1/s1. The predicted octanol–water partition coefficient (Wildman–Crippen LogP) is 2.81. The van der Waals surface area contributed by atoms with E-state index in [9.17, 15) is 14.4 Å². The second-order valence-electron chi connectivity index (χ2n) is 8.04. The Morgan fingerprint density at radius 1 is 1.13 bits per heavy atom. The van der Waals surface area contributed by atoms with E-state index >= 15 is 0 Å². The number of methoxy groups -OCH3 is 2. The molecule has 2 amide bonds. The molecular formula is C22H30N2O6.